The monoisotopic (exact) mass is 114 g/mol. The molecule has 0 amide bonds. The van der Waals surface area contributed by atoms with Crippen LogP contribution >= 0.6 is 0 Å². The van der Waals surface area contributed by atoms with Gasteiger partial charge in [-0.3, -0.25) is 0 Å². The number of rotatable bonds is 4. The maximum absolute atomic E-state index is 8.23. The number of hydrogen-bond donors (Lipinski definition) is 1. The van der Waals surface area contributed by atoms with Gasteiger partial charge in [-0.05, 0) is 6.42 Å². The maximum atomic E-state index is 8.23. The van der Waals surface area contributed by atoms with Gasteiger partial charge in [0.05, 0.1) is 6.61 Å². The summed E-state index contributed by atoms with van der Waals surface area (Å²) in [5.41, 5.74) is 0. The van der Waals surface area contributed by atoms with Gasteiger partial charge < -0.3 is 9.84 Å². The molecular weight excluding hydrogens is 104 g/mol. The molecule has 0 aromatic rings. The number of aliphatic hydroxyl groups is 1. The molecule has 2 heteroatoms. The molecule has 0 saturated heterocycles. The van der Waals surface area contributed by atoms with E-state index in [-0.39, 0.29) is 6.61 Å². The first kappa shape index (κ1) is 7.48. The average Bonchev–Trinajstić information content (AvgIpc) is 1.81. The predicted octanol–water partition coefficient (Wildman–Crippen LogP) is 0.0186. The molecule has 0 aliphatic carbocycles. The Morgan fingerprint density at radius 3 is 2.88 bits per heavy atom. The molecule has 0 saturated carbocycles. The van der Waals surface area contributed by atoms with Crippen LogP contribution in [0.1, 0.15) is 6.42 Å². The van der Waals surface area contributed by atoms with Crippen LogP contribution in [-0.2, 0) is 4.74 Å². The highest BCUT2D eigenvalue weighted by Crippen LogP contribution is 1.77. The molecular formula is C6H10O2. The molecule has 46 valence electrons. The summed E-state index contributed by atoms with van der Waals surface area (Å²) in [6.07, 6.45) is 5.54. The third-order valence-electron chi connectivity index (χ3n) is 0.632. The third-order valence-corrected chi connectivity index (χ3v) is 0.632. The SMILES string of the molecule is C#CCOCCCO. The van der Waals surface area contributed by atoms with E-state index in [9.17, 15) is 0 Å². The fourth-order valence-electron chi connectivity index (χ4n) is 0.298. The first-order valence-electron chi connectivity index (χ1n) is 2.54. The molecule has 8 heavy (non-hydrogen) atoms. The van der Waals surface area contributed by atoms with Crippen molar-refractivity contribution < 1.29 is 9.84 Å². The van der Waals surface area contributed by atoms with Crippen LogP contribution in [0.25, 0.3) is 0 Å². The van der Waals surface area contributed by atoms with Gasteiger partial charge in [0, 0.05) is 6.61 Å². The smallest absolute Gasteiger partial charge is 0.107 e. The Hall–Kier alpha value is -0.520. The quantitative estimate of drug-likeness (QED) is 0.412. The number of ether oxygens (including phenoxy) is 1. The maximum Gasteiger partial charge on any atom is 0.107 e. The van der Waals surface area contributed by atoms with E-state index in [0.717, 1.165) is 0 Å². The van der Waals surface area contributed by atoms with Crippen molar-refractivity contribution in [3.05, 3.63) is 0 Å². The Bertz CT molecular complexity index is 73.1. The molecule has 0 rings (SSSR count). The van der Waals surface area contributed by atoms with Crippen molar-refractivity contribution in [1.29, 1.82) is 0 Å². The molecule has 0 radical (unpaired) electrons. The number of hydrogen-bond acceptors (Lipinski definition) is 2. The summed E-state index contributed by atoms with van der Waals surface area (Å²) in [5, 5.41) is 8.23. The third kappa shape index (κ3) is 5.48. The van der Waals surface area contributed by atoms with Crippen LogP contribution in [0.4, 0.5) is 0 Å². The normalized spacial score (nSPS) is 8.50. The summed E-state index contributed by atoms with van der Waals surface area (Å²) in [6, 6.07) is 0. The number of terminal acetylenes is 1. The molecule has 0 heterocycles. The molecule has 0 bridgehead atoms. The summed E-state index contributed by atoms with van der Waals surface area (Å²) >= 11 is 0. The minimum absolute atomic E-state index is 0.171. The Morgan fingerprint density at radius 2 is 2.38 bits per heavy atom. The van der Waals surface area contributed by atoms with Crippen molar-refractivity contribution in [3.63, 3.8) is 0 Å². The molecule has 0 aliphatic rings. The lowest BCUT2D eigenvalue weighted by Gasteiger charge is -1.94. The van der Waals surface area contributed by atoms with Gasteiger partial charge in [-0.1, -0.05) is 5.92 Å². The average molecular weight is 114 g/mol. The van der Waals surface area contributed by atoms with Crippen molar-refractivity contribution in [1.82, 2.24) is 0 Å². The van der Waals surface area contributed by atoms with Gasteiger partial charge in [-0.15, -0.1) is 6.42 Å². The van der Waals surface area contributed by atoms with E-state index in [2.05, 4.69) is 5.92 Å². The van der Waals surface area contributed by atoms with Gasteiger partial charge in [-0.2, -0.15) is 0 Å². The van der Waals surface area contributed by atoms with E-state index in [0.29, 0.717) is 19.6 Å². The largest absolute Gasteiger partial charge is 0.396 e. The van der Waals surface area contributed by atoms with Crippen LogP contribution in [0.3, 0.4) is 0 Å². The van der Waals surface area contributed by atoms with E-state index in [4.69, 9.17) is 16.3 Å². The highest BCUT2D eigenvalue weighted by Gasteiger charge is 1.81. The lowest BCUT2D eigenvalue weighted by atomic mass is 10.5. The lowest BCUT2D eigenvalue weighted by Crippen LogP contribution is -1.96. The molecule has 0 aromatic carbocycles. The molecule has 0 atom stereocenters. The van der Waals surface area contributed by atoms with Gasteiger partial charge in [-0.25, -0.2) is 0 Å². The molecule has 0 aliphatic heterocycles. The van der Waals surface area contributed by atoms with Crippen molar-refractivity contribution >= 4 is 0 Å². The van der Waals surface area contributed by atoms with Crippen molar-refractivity contribution in [3.8, 4) is 12.3 Å². The zero-order chi connectivity index (χ0) is 6.24. The van der Waals surface area contributed by atoms with Gasteiger partial charge in [0.25, 0.3) is 0 Å². The van der Waals surface area contributed by atoms with Crippen LogP contribution in [0.15, 0.2) is 0 Å². The Balaban J connectivity index is 2.65. The predicted molar refractivity (Wildman–Crippen MR) is 31.4 cm³/mol. The van der Waals surface area contributed by atoms with Crippen LogP contribution in [0.5, 0.6) is 0 Å². The second-order valence-corrected chi connectivity index (χ2v) is 1.33. The first-order valence-corrected chi connectivity index (χ1v) is 2.54. The summed E-state index contributed by atoms with van der Waals surface area (Å²) in [7, 11) is 0. The van der Waals surface area contributed by atoms with E-state index in [1.807, 2.05) is 0 Å². The van der Waals surface area contributed by atoms with Gasteiger partial charge in [0.2, 0.25) is 0 Å². The molecule has 0 aromatic heterocycles. The van der Waals surface area contributed by atoms with Crippen LogP contribution in [0.2, 0.25) is 0 Å². The zero-order valence-electron chi connectivity index (χ0n) is 4.76. The second kappa shape index (κ2) is 6.48. The molecule has 0 unspecified atom stereocenters. The standard InChI is InChI=1S/C6H10O2/c1-2-5-8-6-3-4-7/h1,7H,3-6H2. The van der Waals surface area contributed by atoms with Crippen LogP contribution in [0, 0.1) is 12.3 Å². The summed E-state index contributed by atoms with van der Waals surface area (Å²) in [5.74, 6) is 2.32. The van der Waals surface area contributed by atoms with E-state index < -0.39 is 0 Å². The summed E-state index contributed by atoms with van der Waals surface area (Å²) in [6.45, 7) is 1.07. The Labute approximate surface area is 49.5 Å². The van der Waals surface area contributed by atoms with E-state index >= 15 is 0 Å². The molecule has 0 fully saturated rings. The summed E-state index contributed by atoms with van der Waals surface area (Å²) < 4.78 is 4.83. The molecule has 1 N–H and O–H groups in total. The van der Waals surface area contributed by atoms with Crippen molar-refractivity contribution in [2.24, 2.45) is 0 Å². The van der Waals surface area contributed by atoms with Crippen molar-refractivity contribution in [2.75, 3.05) is 19.8 Å². The fourth-order valence-corrected chi connectivity index (χ4v) is 0.298. The topological polar surface area (TPSA) is 29.5 Å². The first-order chi connectivity index (χ1) is 3.91. The van der Waals surface area contributed by atoms with Crippen LogP contribution in [-0.4, -0.2) is 24.9 Å². The van der Waals surface area contributed by atoms with Crippen LogP contribution < -0.4 is 0 Å². The second-order valence-electron chi connectivity index (χ2n) is 1.33. The fraction of sp³-hybridized carbons (Fsp3) is 0.667. The van der Waals surface area contributed by atoms with Crippen molar-refractivity contribution in [2.45, 2.75) is 6.42 Å². The Kier molecular flexibility index (Phi) is 6.06. The Morgan fingerprint density at radius 1 is 1.62 bits per heavy atom. The molecule has 2 nitrogen and oxygen atoms in total. The number of aliphatic hydroxyl groups excluding tert-OH is 1. The van der Waals surface area contributed by atoms with Gasteiger partial charge in [0.1, 0.15) is 6.61 Å². The van der Waals surface area contributed by atoms with E-state index in [1.54, 1.807) is 0 Å². The van der Waals surface area contributed by atoms with Gasteiger partial charge >= 0.3 is 0 Å². The highest BCUT2D eigenvalue weighted by molar-refractivity contribution is 4.82. The lowest BCUT2D eigenvalue weighted by molar-refractivity contribution is 0.142. The van der Waals surface area contributed by atoms with Gasteiger partial charge in [0.15, 0.2) is 0 Å². The minimum atomic E-state index is 0.171. The minimum Gasteiger partial charge on any atom is -0.396 e. The van der Waals surface area contributed by atoms with E-state index in [1.165, 1.54) is 0 Å². The summed E-state index contributed by atoms with van der Waals surface area (Å²) in [4.78, 5) is 0. The zero-order valence-corrected chi connectivity index (χ0v) is 4.76. The molecule has 0 spiro atoms. The highest BCUT2D eigenvalue weighted by atomic mass is 16.5.